The monoisotopic (exact) mass is 277 g/mol. The van der Waals surface area contributed by atoms with Crippen LogP contribution in [0, 0.1) is 5.92 Å². The Balaban J connectivity index is 2.46. The van der Waals surface area contributed by atoms with Crippen molar-refractivity contribution in [3.63, 3.8) is 0 Å². The van der Waals surface area contributed by atoms with Crippen molar-refractivity contribution in [2.75, 3.05) is 0 Å². The number of hydrogen-bond acceptors (Lipinski definition) is 1. The molecule has 2 nitrogen and oxygen atoms in total. The maximum atomic E-state index is 11.7. The van der Waals surface area contributed by atoms with Gasteiger partial charge in [0.25, 0.3) is 5.56 Å². The first-order valence-electron chi connectivity index (χ1n) is 4.85. The molecule has 0 fully saturated rings. The van der Waals surface area contributed by atoms with Crippen LogP contribution in [0.5, 0.6) is 0 Å². The van der Waals surface area contributed by atoms with Crippen LogP contribution in [0.3, 0.4) is 0 Å². The quantitative estimate of drug-likeness (QED) is 0.761. The molecule has 1 aromatic rings. The topological polar surface area (TPSA) is 22.0 Å². The Bertz CT molecular complexity index is 419. The molecule has 0 saturated heterocycles. The molecular weight excluding hydrogens is 262 g/mol. The van der Waals surface area contributed by atoms with E-state index in [2.05, 4.69) is 30.8 Å². The molecule has 0 aromatic carbocycles. The number of fused-ring (bicyclic) bond motifs is 1. The minimum absolute atomic E-state index is 0.0701. The Morgan fingerprint density at radius 1 is 1.60 bits per heavy atom. The molecule has 1 aromatic heterocycles. The van der Waals surface area contributed by atoms with E-state index >= 15 is 0 Å². The van der Waals surface area contributed by atoms with Crippen LogP contribution in [0.15, 0.2) is 23.0 Å². The highest BCUT2D eigenvalue weighted by Crippen LogP contribution is 2.76. The van der Waals surface area contributed by atoms with Gasteiger partial charge >= 0.3 is 0 Å². The largest absolute Gasteiger partial charge is 0.312 e. The average Bonchev–Trinajstić information content (AvgIpc) is 2.55. The van der Waals surface area contributed by atoms with Crippen molar-refractivity contribution in [2.24, 2.45) is 5.92 Å². The summed E-state index contributed by atoms with van der Waals surface area (Å²) in [5, 5.41) is 0. The third kappa shape index (κ3) is 2.21. The molecule has 1 aliphatic rings. The molecule has 1 aliphatic heterocycles. The number of pyridine rings is 1. The van der Waals surface area contributed by atoms with Gasteiger partial charge in [-0.25, -0.2) is 0 Å². The maximum absolute atomic E-state index is 11.7. The predicted molar refractivity (Wildman–Crippen MR) is 77.3 cm³/mol. The van der Waals surface area contributed by atoms with Gasteiger partial charge in [0.1, 0.15) is 0 Å². The summed E-state index contributed by atoms with van der Waals surface area (Å²) in [4.78, 5) is 11.7. The van der Waals surface area contributed by atoms with Gasteiger partial charge in [-0.15, -0.1) is 17.9 Å². The lowest BCUT2D eigenvalue weighted by molar-refractivity contribution is 0.549. The molecule has 0 amide bonds. The molecule has 2 rings (SSSR count). The van der Waals surface area contributed by atoms with Crippen LogP contribution in [0.25, 0.3) is 0 Å². The molecule has 15 heavy (non-hydrogen) atoms. The zero-order valence-corrected chi connectivity index (χ0v) is 12.8. The Labute approximate surface area is 97.2 Å². The molecular formula is C9H15NOP4. The summed E-state index contributed by atoms with van der Waals surface area (Å²) >= 11 is 0. The predicted octanol–water partition coefficient (Wildman–Crippen LogP) is 3.19. The molecule has 0 aliphatic carbocycles. The second-order valence-corrected chi connectivity index (χ2v) is 13.4. The van der Waals surface area contributed by atoms with Gasteiger partial charge in [-0.05, 0) is 12.0 Å². The fourth-order valence-corrected chi connectivity index (χ4v) is 7.91. The van der Waals surface area contributed by atoms with E-state index in [1.54, 1.807) is 6.07 Å². The van der Waals surface area contributed by atoms with Gasteiger partial charge in [0.05, 0.1) is 0 Å². The van der Waals surface area contributed by atoms with Crippen LogP contribution in [0.2, 0.25) is 0 Å². The van der Waals surface area contributed by atoms with Crippen LogP contribution in [0.4, 0.5) is 0 Å². The van der Waals surface area contributed by atoms with E-state index in [0.29, 0.717) is 11.6 Å². The zero-order chi connectivity index (χ0) is 11.0. The molecule has 2 heterocycles. The highest BCUT2D eigenvalue weighted by atomic mass is 32.6. The van der Waals surface area contributed by atoms with Gasteiger partial charge in [-0.2, -0.15) is 0 Å². The Hall–Kier alpha value is 0.670. The molecule has 82 valence electrons. The molecule has 0 saturated carbocycles. The first-order valence-corrected chi connectivity index (χ1v) is 11.5. The van der Waals surface area contributed by atoms with E-state index in [0.717, 1.165) is 14.5 Å². The van der Waals surface area contributed by atoms with Gasteiger partial charge in [0, 0.05) is 24.0 Å². The van der Waals surface area contributed by atoms with Crippen LogP contribution in [-0.2, 0) is 6.54 Å². The minimum Gasteiger partial charge on any atom is -0.312 e. The SMILES string of the molecule is CC1Cn2c(cccc2=O)C1P(P)PP. The molecule has 0 spiro atoms. The minimum atomic E-state index is -0.0701. The smallest absolute Gasteiger partial charge is 0.250 e. The lowest BCUT2D eigenvalue weighted by atomic mass is 10.1. The highest BCUT2D eigenvalue weighted by molar-refractivity contribution is 8.61. The van der Waals surface area contributed by atoms with E-state index in [-0.39, 0.29) is 12.9 Å². The summed E-state index contributed by atoms with van der Waals surface area (Å²) in [5.74, 6) is 0.594. The van der Waals surface area contributed by atoms with E-state index in [4.69, 9.17) is 0 Å². The summed E-state index contributed by atoms with van der Waals surface area (Å²) in [5.41, 5.74) is 1.98. The van der Waals surface area contributed by atoms with Crippen LogP contribution < -0.4 is 5.56 Å². The third-order valence-corrected chi connectivity index (χ3v) is 13.9. The van der Waals surface area contributed by atoms with Gasteiger partial charge in [-0.1, -0.05) is 28.2 Å². The van der Waals surface area contributed by atoms with E-state index in [1.807, 2.05) is 10.6 Å². The van der Waals surface area contributed by atoms with Crippen molar-refractivity contribution < 1.29 is 0 Å². The van der Waals surface area contributed by atoms with E-state index in [1.165, 1.54) is 5.69 Å². The first-order chi connectivity index (χ1) is 7.15. The summed E-state index contributed by atoms with van der Waals surface area (Å²) < 4.78 is 1.94. The van der Waals surface area contributed by atoms with Crippen molar-refractivity contribution >= 4 is 33.1 Å². The standard InChI is InChI=1S/C9H15NOP4/c1-6-5-10-7(3-2-4-8(10)11)9(6)15(13)14-12/h2-4,6,9,14H,5,12-13H2,1H3. The number of rotatable bonds is 2. The van der Waals surface area contributed by atoms with Crippen LogP contribution >= 0.6 is 33.1 Å². The molecule has 0 radical (unpaired) electrons. The maximum Gasteiger partial charge on any atom is 0.250 e. The lowest BCUT2D eigenvalue weighted by Crippen LogP contribution is -2.17. The second-order valence-electron chi connectivity index (χ2n) is 3.86. The van der Waals surface area contributed by atoms with Crippen molar-refractivity contribution in [3.8, 4) is 0 Å². The number of hydrogen-bond donors (Lipinski definition) is 0. The second kappa shape index (κ2) is 4.89. The van der Waals surface area contributed by atoms with E-state index < -0.39 is 0 Å². The van der Waals surface area contributed by atoms with Crippen molar-refractivity contribution in [2.45, 2.75) is 19.1 Å². The average molecular weight is 277 g/mol. The summed E-state index contributed by atoms with van der Waals surface area (Å²) in [7, 11) is 6.64. The Morgan fingerprint density at radius 2 is 2.33 bits per heavy atom. The molecule has 0 N–H and O–H groups in total. The van der Waals surface area contributed by atoms with Crippen molar-refractivity contribution in [3.05, 3.63) is 34.2 Å². The molecule has 0 bridgehead atoms. The molecule has 6 heteroatoms. The molecule has 6 atom stereocenters. The number of nitrogens with zero attached hydrogens (tertiary/aromatic N) is 1. The van der Waals surface area contributed by atoms with Gasteiger partial charge < -0.3 is 4.57 Å². The fourth-order valence-electron chi connectivity index (χ4n) is 2.17. The third-order valence-electron chi connectivity index (χ3n) is 2.84. The van der Waals surface area contributed by atoms with Crippen molar-refractivity contribution in [1.29, 1.82) is 0 Å². The van der Waals surface area contributed by atoms with Crippen molar-refractivity contribution in [1.82, 2.24) is 4.57 Å². The summed E-state index contributed by atoms with van der Waals surface area (Å²) in [6, 6.07) is 5.66. The van der Waals surface area contributed by atoms with Crippen LogP contribution in [-0.4, -0.2) is 4.57 Å². The number of aromatic nitrogens is 1. The highest BCUT2D eigenvalue weighted by Gasteiger charge is 2.33. The Kier molecular flexibility index (Phi) is 3.96. The van der Waals surface area contributed by atoms with Gasteiger partial charge in [0.15, 0.2) is 0 Å². The first kappa shape index (κ1) is 12.1. The molecule has 6 unspecified atom stereocenters. The van der Waals surface area contributed by atoms with E-state index in [9.17, 15) is 4.79 Å². The summed E-state index contributed by atoms with van der Waals surface area (Å²) in [6.45, 7) is 3.14. The Morgan fingerprint density at radius 3 is 3.00 bits per heavy atom. The zero-order valence-electron chi connectivity index (χ0n) is 8.55. The lowest BCUT2D eigenvalue weighted by Gasteiger charge is -2.21. The summed E-state index contributed by atoms with van der Waals surface area (Å²) in [6.07, 6.45) is 0. The van der Waals surface area contributed by atoms with Gasteiger partial charge in [0.2, 0.25) is 0 Å². The normalized spacial score (nSPS) is 27.1. The van der Waals surface area contributed by atoms with Gasteiger partial charge in [-0.3, -0.25) is 4.79 Å². The fraction of sp³-hybridized carbons (Fsp3) is 0.444. The van der Waals surface area contributed by atoms with Crippen LogP contribution in [0.1, 0.15) is 18.3 Å².